The fourth-order valence-corrected chi connectivity index (χ4v) is 3.41. The highest BCUT2D eigenvalue weighted by Gasteiger charge is 2.25. The van der Waals surface area contributed by atoms with Crippen molar-refractivity contribution in [1.29, 1.82) is 0 Å². The molecule has 2 rings (SSSR count). The maximum atomic E-state index is 5.28. The molecule has 0 fully saturated rings. The van der Waals surface area contributed by atoms with E-state index in [1.807, 2.05) is 6.92 Å². The number of hydrogen-bond donors (Lipinski definition) is 1. The summed E-state index contributed by atoms with van der Waals surface area (Å²) >= 11 is 0. The van der Waals surface area contributed by atoms with E-state index in [1.165, 1.54) is 5.56 Å². The number of anilines is 1. The van der Waals surface area contributed by atoms with E-state index in [2.05, 4.69) is 64.5 Å². The molecule has 0 radical (unpaired) electrons. The topological polar surface area (TPSA) is 71.9 Å². The summed E-state index contributed by atoms with van der Waals surface area (Å²) in [6, 6.07) is 0. The third-order valence-electron chi connectivity index (χ3n) is 4.52. The van der Waals surface area contributed by atoms with Crippen LogP contribution in [0.1, 0.15) is 56.4 Å². The van der Waals surface area contributed by atoms with Gasteiger partial charge >= 0.3 is 0 Å². The smallest absolute Gasteiger partial charge is 0.227 e. The average Bonchev–Trinajstić information content (AvgIpc) is 3.13. The molecule has 1 unspecified atom stereocenters. The Kier molecular flexibility index (Phi) is 6.58. The fourth-order valence-electron chi connectivity index (χ4n) is 3.41. The van der Waals surface area contributed by atoms with Crippen molar-refractivity contribution in [3.63, 3.8) is 0 Å². The second-order valence-corrected chi connectivity index (χ2v) is 7.00. The zero-order chi connectivity index (χ0) is 18.6. The molecule has 7 nitrogen and oxygen atoms in total. The van der Waals surface area contributed by atoms with Crippen LogP contribution < -0.4 is 4.90 Å². The largest absolute Gasteiger partial charge is 0.383 e. The Morgan fingerprint density at radius 1 is 1.20 bits per heavy atom. The molecule has 2 aromatic heterocycles. The number of rotatable bonds is 9. The number of aromatic nitrogens is 5. The van der Waals surface area contributed by atoms with E-state index in [-0.39, 0.29) is 5.92 Å². The summed E-state index contributed by atoms with van der Waals surface area (Å²) in [6.45, 7) is 16.1. The van der Waals surface area contributed by atoms with E-state index < -0.39 is 0 Å². The van der Waals surface area contributed by atoms with Crippen LogP contribution in [0.25, 0.3) is 0 Å². The van der Waals surface area contributed by atoms with Gasteiger partial charge in [-0.05, 0) is 26.7 Å². The minimum Gasteiger partial charge on any atom is -0.383 e. The predicted molar refractivity (Wildman–Crippen MR) is 100 cm³/mol. The molecule has 0 aliphatic carbocycles. The lowest BCUT2D eigenvalue weighted by atomic mass is 9.98. The number of nitrogens with zero attached hydrogens (tertiary/aromatic N) is 5. The summed E-state index contributed by atoms with van der Waals surface area (Å²) in [5, 5.41) is 16.5. The highest BCUT2D eigenvalue weighted by atomic mass is 16.5. The number of methoxy groups -OCH3 is 1. The van der Waals surface area contributed by atoms with Crippen LogP contribution in [0, 0.1) is 19.8 Å². The monoisotopic (exact) mass is 348 g/mol. The molecular formula is C18H32N6O. The van der Waals surface area contributed by atoms with Crippen LogP contribution in [0.2, 0.25) is 0 Å². The Bertz CT molecular complexity index is 656. The number of hydrogen-bond acceptors (Lipinski definition) is 5. The minimum absolute atomic E-state index is 0.142. The van der Waals surface area contributed by atoms with Crippen molar-refractivity contribution >= 4 is 5.95 Å². The molecule has 0 saturated carbocycles. The summed E-state index contributed by atoms with van der Waals surface area (Å²) < 4.78 is 7.50. The van der Waals surface area contributed by atoms with Gasteiger partial charge in [-0.2, -0.15) is 5.10 Å². The van der Waals surface area contributed by atoms with Crippen LogP contribution in [0.5, 0.6) is 0 Å². The van der Waals surface area contributed by atoms with E-state index in [9.17, 15) is 0 Å². The zero-order valence-electron chi connectivity index (χ0n) is 16.6. The predicted octanol–water partition coefficient (Wildman–Crippen LogP) is 2.90. The molecule has 25 heavy (non-hydrogen) atoms. The number of nitrogens with one attached hydrogen (secondary N) is 1. The molecule has 0 spiro atoms. The van der Waals surface area contributed by atoms with E-state index in [0.29, 0.717) is 12.5 Å². The third kappa shape index (κ3) is 4.21. The van der Waals surface area contributed by atoms with Gasteiger partial charge < -0.3 is 9.64 Å². The molecule has 2 aromatic rings. The molecule has 0 aliphatic heterocycles. The highest BCUT2D eigenvalue weighted by Crippen LogP contribution is 2.29. The van der Waals surface area contributed by atoms with Gasteiger partial charge in [0.05, 0.1) is 12.3 Å². The quantitative estimate of drug-likeness (QED) is 0.754. The van der Waals surface area contributed by atoms with Crippen LogP contribution in [0.4, 0.5) is 5.95 Å². The van der Waals surface area contributed by atoms with E-state index in [1.54, 1.807) is 7.11 Å². The molecule has 140 valence electrons. The summed E-state index contributed by atoms with van der Waals surface area (Å²) in [5.74, 6) is 2.59. The van der Waals surface area contributed by atoms with E-state index in [0.717, 1.165) is 42.8 Å². The first-order valence-electron chi connectivity index (χ1n) is 9.09. The summed E-state index contributed by atoms with van der Waals surface area (Å²) in [7, 11) is 1.73. The van der Waals surface area contributed by atoms with Crippen LogP contribution in [0.3, 0.4) is 0 Å². The summed E-state index contributed by atoms with van der Waals surface area (Å²) in [4.78, 5) is 2.27. The Morgan fingerprint density at radius 2 is 1.92 bits per heavy atom. The molecule has 1 N–H and O–H groups in total. The lowest BCUT2D eigenvalue weighted by molar-refractivity contribution is 0.204. The van der Waals surface area contributed by atoms with Gasteiger partial charge in [0.25, 0.3) is 0 Å². The summed E-state index contributed by atoms with van der Waals surface area (Å²) in [5.41, 5.74) is 3.33. The van der Waals surface area contributed by atoms with Crippen molar-refractivity contribution in [2.45, 2.75) is 54.0 Å². The molecule has 1 atom stereocenters. The van der Waals surface area contributed by atoms with Gasteiger partial charge in [-0.3, -0.25) is 9.67 Å². The fraction of sp³-hybridized carbons (Fsp3) is 0.722. The van der Waals surface area contributed by atoms with Crippen LogP contribution in [-0.2, 0) is 11.3 Å². The number of H-pyrrole nitrogens is 1. The lowest BCUT2D eigenvalue weighted by Gasteiger charge is -2.26. The van der Waals surface area contributed by atoms with Crippen molar-refractivity contribution in [1.82, 2.24) is 25.0 Å². The normalized spacial score (nSPS) is 12.8. The van der Waals surface area contributed by atoms with Gasteiger partial charge in [0, 0.05) is 43.9 Å². The van der Waals surface area contributed by atoms with Gasteiger partial charge in [-0.25, -0.2) is 0 Å². The molecule has 2 heterocycles. The SMILES string of the molecule is CCn1c(C(C)c2c(C)n[nH]c2C)nnc1N(CCOC)CC(C)C. The molecular weight excluding hydrogens is 316 g/mol. The van der Waals surface area contributed by atoms with Crippen molar-refractivity contribution in [2.75, 3.05) is 31.7 Å². The molecule has 0 saturated heterocycles. The van der Waals surface area contributed by atoms with Crippen molar-refractivity contribution < 1.29 is 4.74 Å². The number of aromatic amines is 1. The van der Waals surface area contributed by atoms with E-state index in [4.69, 9.17) is 4.74 Å². The van der Waals surface area contributed by atoms with Crippen LogP contribution >= 0.6 is 0 Å². The minimum atomic E-state index is 0.142. The van der Waals surface area contributed by atoms with Gasteiger partial charge in [0.1, 0.15) is 5.82 Å². The first kappa shape index (κ1) is 19.4. The second kappa shape index (κ2) is 8.47. The first-order chi connectivity index (χ1) is 11.9. The lowest BCUT2D eigenvalue weighted by Crippen LogP contribution is -2.33. The Balaban J connectivity index is 2.39. The van der Waals surface area contributed by atoms with Gasteiger partial charge in [-0.15, -0.1) is 10.2 Å². The Morgan fingerprint density at radius 3 is 2.44 bits per heavy atom. The first-order valence-corrected chi connectivity index (χ1v) is 9.09. The summed E-state index contributed by atoms with van der Waals surface area (Å²) in [6.07, 6.45) is 0. The second-order valence-electron chi connectivity index (χ2n) is 7.00. The van der Waals surface area contributed by atoms with Gasteiger partial charge in [0.15, 0.2) is 0 Å². The van der Waals surface area contributed by atoms with Gasteiger partial charge in [-0.1, -0.05) is 20.8 Å². The maximum absolute atomic E-state index is 5.28. The van der Waals surface area contributed by atoms with E-state index >= 15 is 0 Å². The van der Waals surface area contributed by atoms with Crippen LogP contribution in [0.15, 0.2) is 0 Å². The molecule has 0 bridgehead atoms. The molecule has 0 aliphatic rings. The zero-order valence-corrected chi connectivity index (χ0v) is 16.6. The standard InChI is InChI=1S/C18H32N6O/c1-8-24-17(13(4)16-14(5)19-20-15(16)6)21-22-18(24)23(9-10-25-7)11-12(2)3/h12-13H,8-11H2,1-7H3,(H,19,20). The Hall–Kier alpha value is -1.89. The van der Waals surface area contributed by atoms with Gasteiger partial charge in [0.2, 0.25) is 5.95 Å². The third-order valence-corrected chi connectivity index (χ3v) is 4.52. The maximum Gasteiger partial charge on any atom is 0.227 e. The van der Waals surface area contributed by atoms with Crippen molar-refractivity contribution in [2.24, 2.45) is 5.92 Å². The molecule has 0 aromatic carbocycles. The Labute approximate surface area is 150 Å². The number of aryl methyl sites for hydroxylation is 2. The molecule has 7 heteroatoms. The van der Waals surface area contributed by atoms with Crippen molar-refractivity contribution in [3.05, 3.63) is 22.8 Å². The van der Waals surface area contributed by atoms with Crippen molar-refractivity contribution in [3.8, 4) is 0 Å². The van der Waals surface area contributed by atoms with Crippen LogP contribution in [-0.4, -0.2) is 51.8 Å². The highest BCUT2D eigenvalue weighted by molar-refractivity contribution is 5.37. The molecule has 0 amide bonds. The number of ether oxygens (including phenoxy) is 1. The average molecular weight is 348 g/mol.